The fourth-order valence-corrected chi connectivity index (χ4v) is 2.76. The molecule has 0 bridgehead atoms. The summed E-state index contributed by atoms with van der Waals surface area (Å²) < 4.78 is 1.25. The van der Waals surface area contributed by atoms with E-state index in [1.807, 2.05) is 30.3 Å². The largest absolute Gasteiger partial charge is 0.354 e. The van der Waals surface area contributed by atoms with Gasteiger partial charge in [0, 0.05) is 22.6 Å². The highest BCUT2D eigenvalue weighted by Crippen LogP contribution is 2.11. The molecule has 3 N–H and O–H groups in total. The maximum absolute atomic E-state index is 11.9. The van der Waals surface area contributed by atoms with Gasteiger partial charge in [-0.05, 0) is 65.1 Å². The van der Waals surface area contributed by atoms with Crippen LogP contribution in [0.5, 0.6) is 0 Å². The summed E-state index contributed by atoms with van der Waals surface area (Å²) in [5, 5.41) is 2.92. The number of hydrogen-bond acceptors (Lipinski definition) is 2. The SMILES string of the molecule is N[C@H](CNC(=O)CCCCc1ccc(I)cc1)c1ccccc1. The normalized spacial score (nSPS) is 11.9. The molecule has 0 saturated carbocycles. The van der Waals surface area contributed by atoms with Crippen LogP contribution in [-0.4, -0.2) is 12.5 Å². The molecule has 4 heteroatoms. The molecule has 0 aliphatic rings. The van der Waals surface area contributed by atoms with Crippen LogP contribution < -0.4 is 11.1 Å². The third kappa shape index (κ3) is 6.71. The van der Waals surface area contributed by atoms with E-state index >= 15 is 0 Å². The van der Waals surface area contributed by atoms with Crippen molar-refractivity contribution in [2.24, 2.45) is 5.73 Å². The lowest BCUT2D eigenvalue weighted by Gasteiger charge is -2.13. The molecule has 3 nitrogen and oxygen atoms in total. The van der Waals surface area contributed by atoms with Crippen LogP contribution in [0.2, 0.25) is 0 Å². The van der Waals surface area contributed by atoms with E-state index in [9.17, 15) is 4.79 Å². The summed E-state index contributed by atoms with van der Waals surface area (Å²) in [6, 6.07) is 18.2. The number of carbonyl (C=O) groups excluding carboxylic acids is 1. The quantitative estimate of drug-likeness (QED) is 0.502. The number of benzene rings is 2. The molecule has 1 amide bonds. The lowest BCUT2D eigenvalue weighted by molar-refractivity contribution is -0.121. The zero-order valence-corrected chi connectivity index (χ0v) is 15.3. The Bertz CT molecular complexity index is 599. The van der Waals surface area contributed by atoms with E-state index in [1.54, 1.807) is 0 Å². The lowest BCUT2D eigenvalue weighted by Crippen LogP contribution is -2.31. The summed E-state index contributed by atoms with van der Waals surface area (Å²) >= 11 is 2.31. The van der Waals surface area contributed by atoms with Crippen molar-refractivity contribution < 1.29 is 4.79 Å². The van der Waals surface area contributed by atoms with E-state index in [-0.39, 0.29) is 11.9 Å². The lowest BCUT2D eigenvalue weighted by atomic mass is 10.1. The molecule has 0 heterocycles. The summed E-state index contributed by atoms with van der Waals surface area (Å²) in [5.41, 5.74) is 8.45. The first-order valence-electron chi connectivity index (χ1n) is 7.97. The maximum atomic E-state index is 11.9. The first kappa shape index (κ1) is 17.9. The molecule has 1 atom stereocenters. The summed E-state index contributed by atoms with van der Waals surface area (Å²) in [6.07, 6.45) is 3.51. The van der Waals surface area contributed by atoms with Gasteiger partial charge in [0.2, 0.25) is 5.91 Å². The standard InChI is InChI=1S/C19H23IN2O/c20-17-12-10-15(11-13-17)6-4-5-9-19(23)22-14-18(21)16-7-2-1-3-8-16/h1-3,7-8,10-13,18H,4-6,9,14,21H2,(H,22,23)/t18-/m1/s1. The van der Waals surface area contributed by atoms with Crippen molar-refractivity contribution >= 4 is 28.5 Å². The fraction of sp³-hybridized carbons (Fsp3) is 0.316. The Morgan fingerprint density at radius 3 is 2.43 bits per heavy atom. The van der Waals surface area contributed by atoms with Gasteiger partial charge in [-0.1, -0.05) is 42.5 Å². The van der Waals surface area contributed by atoms with Gasteiger partial charge in [0.05, 0.1) is 0 Å². The average Bonchev–Trinajstić information content (AvgIpc) is 2.59. The molecule has 0 aromatic heterocycles. The molecule has 0 aliphatic carbocycles. The van der Waals surface area contributed by atoms with Crippen LogP contribution in [0.1, 0.15) is 36.4 Å². The molecular weight excluding hydrogens is 399 g/mol. The van der Waals surface area contributed by atoms with Crippen molar-refractivity contribution in [3.63, 3.8) is 0 Å². The zero-order valence-electron chi connectivity index (χ0n) is 13.2. The number of nitrogens with two attached hydrogens (primary N) is 1. The highest BCUT2D eigenvalue weighted by atomic mass is 127. The van der Waals surface area contributed by atoms with Gasteiger partial charge in [-0.15, -0.1) is 0 Å². The summed E-state index contributed by atoms with van der Waals surface area (Å²) in [6.45, 7) is 0.486. The molecule has 2 rings (SSSR count). The average molecular weight is 422 g/mol. The smallest absolute Gasteiger partial charge is 0.220 e. The van der Waals surface area contributed by atoms with Gasteiger partial charge in [0.15, 0.2) is 0 Å². The molecule has 0 aliphatic heterocycles. The Balaban J connectivity index is 1.61. The molecule has 122 valence electrons. The number of amides is 1. The Kier molecular flexibility index (Phi) is 7.55. The van der Waals surface area contributed by atoms with Gasteiger partial charge in [-0.3, -0.25) is 4.79 Å². The van der Waals surface area contributed by atoms with Crippen LogP contribution >= 0.6 is 22.6 Å². The number of nitrogens with one attached hydrogen (secondary N) is 1. The van der Waals surface area contributed by atoms with Crippen molar-refractivity contribution in [3.05, 3.63) is 69.3 Å². The van der Waals surface area contributed by atoms with Gasteiger partial charge in [-0.2, -0.15) is 0 Å². The van der Waals surface area contributed by atoms with Crippen LogP contribution in [0.4, 0.5) is 0 Å². The summed E-state index contributed by atoms with van der Waals surface area (Å²) in [7, 11) is 0. The first-order valence-corrected chi connectivity index (χ1v) is 9.04. The minimum absolute atomic E-state index is 0.0824. The van der Waals surface area contributed by atoms with Gasteiger partial charge in [0.1, 0.15) is 0 Å². The number of aryl methyl sites for hydroxylation is 1. The summed E-state index contributed by atoms with van der Waals surface area (Å²) in [5.74, 6) is 0.0824. The van der Waals surface area contributed by atoms with Crippen LogP contribution in [0.3, 0.4) is 0 Å². The second kappa shape index (κ2) is 9.67. The van der Waals surface area contributed by atoms with E-state index in [1.165, 1.54) is 9.13 Å². The van der Waals surface area contributed by atoms with Crippen LogP contribution in [0.15, 0.2) is 54.6 Å². The molecule has 0 fully saturated rings. The first-order chi connectivity index (χ1) is 11.1. The van der Waals surface area contributed by atoms with Crippen LogP contribution in [-0.2, 0) is 11.2 Å². The Morgan fingerprint density at radius 1 is 1.04 bits per heavy atom. The van der Waals surface area contributed by atoms with Crippen LogP contribution in [0.25, 0.3) is 0 Å². The Morgan fingerprint density at radius 2 is 1.74 bits per heavy atom. The molecule has 2 aromatic carbocycles. The van der Waals surface area contributed by atoms with Gasteiger partial charge in [-0.25, -0.2) is 0 Å². The monoisotopic (exact) mass is 422 g/mol. The topological polar surface area (TPSA) is 55.1 Å². The van der Waals surface area contributed by atoms with E-state index < -0.39 is 0 Å². The third-order valence-corrected chi connectivity index (χ3v) is 4.50. The van der Waals surface area contributed by atoms with Gasteiger partial charge >= 0.3 is 0 Å². The number of halogens is 1. The predicted molar refractivity (Wildman–Crippen MR) is 103 cm³/mol. The molecule has 2 aromatic rings. The van der Waals surface area contributed by atoms with E-state index in [0.717, 1.165) is 24.8 Å². The molecule has 0 radical (unpaired) electrons. The highest BCUT2D eigenvalue weighted by molar-refractivity contribution is 14.1. The van der Waals surface area contributed by atoms with Gasteiger partial charge in [0.25, 0.3) is 0 Å². The second-order valence-electron chi connectivity index (χ2n) is 5.65. The Hall–Kier alpha value is -1.40. The number of rotatable bonds is 8. The third-order valence-electron chi connectivity index (χ3n) is 3.78. The second-order valence-corrected chi connectivity index (χ2v) is 6.90. The zero-order chi connectivity index (χ0) is 16.5. The van der Waals surface area contributed by atoms with Crippen molar-refractivity contribution in [1.29, 1.82) is 0 Å². The van der Waals surface area contributed by atoms with Crippen LogP contribution in [0, 0.1) is 3.57 Å². The van der Waals surface area contributed by atoms with E-state index in [2.05, 4.69) is 52.2 Å². The van der Waals surface area contributed by atoms with E-state index in [4.69, 9.17) is 5.73 Å². The van der Waals surface area contributed by atoms with E-state index in [0.29, 0.717) is 13.0 Å². The minimum atomic E-state index is -0.146. The molecule has 23 heavy (non-hydrogen) atoms. The molecule has 0 saturated heterocycles. The van der Waals surface area contributed by atoms with Crippen molar-refractivity contribution in [2.75, 3.05) is 6.54 Å². The molecule has 0 unspecified atom stereocenters. The Labute approximate surface area is 151 Å². The number of hydrogen-bond donors (Lipinski definition) is 2. The number of unbranched alkanes of at least 4 members (excludes halogenated alkanes) is 1. The highest BCUT2D eigenvalue weighted by Gasteiger charge is 2.07. The fourth-order valence-electron chi connectivity index (χ4n) is 2.40. The number of carbonyl (C=O) groups is 1. The van der Waals surface area contributed by atoms with Crippen molar-refractivity contribution in [1.82, 2.24) is 5.32 Å². The molecular formula is C19H23IN2O. The van der Waals surface area contributed by atoms with Crippen molar-refractivity contribution in [2.45, 2.75) is 31.7 Å². The minimum Gasteiger partial charge on any atom is -0.354 e. The van der Waals surface area contributed by atoms with Crippen molar-refractivity contribution in [3.8, 4) is 0 Å². The predicted octanol–water partition coefficient (Wildman–Crippen LogP) is 3.82. The molecule has 0 spiro atoms. The van der Waals surface area contributed by atoms with Gasteiger partial charge < -0.3 is 11.1 Å². The summed E-state index contributed by atoms with van der Waals surface area (Å²) in [4.78, 5) is 11.9. The maximum Gasteiger partial charge on any atom is 0.220 e.